The molecule has 24 heavy (non-hydrogen) atoms. The molecule has 0 radical (unpaired) electrons. The van der Waals surface area contributed by atoms with Crippen molar-refractivity contribution in [3.8, 4) is 6.07 Å². The highest BCUT2D eigenvalue weighted by atomic mass is 16.6. The molecule has 0 aliphatic rings. The van der Waals surface area contributed by atoms with Gasteiger partial charge in [0.2, 0.25) is 0 Å². The summed E-state index contributed by atoms with van der Waals surface area (Å²) in [6.45, 7) is 5.60. The lowest BCUT2D eigenvalue weighted by Crippen LogP contribution is -2.17. The number of nitrogens with one attached hydrogen (secondary N) is 2. The van der Waals surface area contributed by atoms with E-state index in [9.17, 15) is 10.1 Å². The van der Waals surface area contributed by atoms with Crippen LogP contribution in [-0.4, -0.2) is 13.0 Å². The molecule has 124 valence electrons. The second-order valence-electron chi connectivity index (χ2n) is 6.11. The molecule has 5 heteroatoms. The van der Waals surface area contributed by atoms with Crippen LogP contribution < -0.4 is 10.8 Å². The van der Waals surface area contributed by atoms with Crippen molar-refractivity contribution in [1.82, 2.24) is 0 Å². The van der Waals surface area contributed by atoms with Crippen LogP contribution in [0.3, 0.4) is 0 Å². The minimum atomic E-state index is -0.643. The molecule has 0 spiro atoms. The predicted octanol–water partition coefficient (Wildman–Crippen LogP) is 4.02. The van der Waals surface area contributed by atoms with Gasteiger partial charge in [0.15, 0.2) is 0 Å². The lowest BCUT2D eigenvalue weighted by atomic mass is 9.85. The number of rotatable bonds is 5. The van der Waals surface area contributed by atoms with Crippen molar-refractivity contribution >= 4 is 17.3 Å². The Hall–Kier alpha value is -2.84. The molecule has 5 nitrogen and oxygen atoms in total. The van der Waals surface area contributed by atoms with Crippen LogP contribution in [-0.2, 0) is 10.3 Å². The van der Waals surface area contributed by atoms with E-state index in [-0.39, 0.29) is 5.91 Å². The van der Waals surface area contributed by atoms with Crippen molar-refractivity contribution in [2.75, 3.05) is 17.9 Å². The van der Waals surface area contributed by atoms with Gasteiger partial charge in [0.05, 0.1) is 24.3 Å². The van der Waals surface area contributed by atoms with Crippen molar-refractivity contribution in [3.63, 3.8) is 0 Å². The Morgan fingerprint density at radius 3 is 2.62 bits per heavy atom. The maximum Gasteiger partial charge on any atom is 0.255 e. The van der Waals surface area contributed by atoms with E-state index in [0.717, 1.165) is 16.8 Å². The summed E-state index contributed by atoms with van der Waals surface area (Å²) in [6, 6.07) is 14.9. The Balaban J connectivity index is 2.23. The number of nitrogens with zero attached hydrogens (tertiary/aromatic N) is 1. The highest BCUT2D eigenvalue weighted by Gasteiger charge is 2.20. The number of nitriles is 1. The third-order valence-corrected chi connectivity index (χ3v) is 3.83. The first kappa shape index (κ1) is 17.5. The number of amides is 1. The predicted molar refractivity (Wildman–Crippen MR) is 94.8 cm³/mol. The number of hydrogen-bond acceptors (Lipinski definition) is 4. The summed E-state index contributed by atoms with van der Waals surface area (Å²) in [5.41, 5.74) is 5.91. The van der Waals surface area contributed by atoms with Gasteiger partial charge in [0.1, 0.15) is 0 Å². The van der Waals surface area contributed by atoms with Gasteiger partial charge in [0.25, 0.3) is 5.91 Å². The van der Waals surface area contributed by atoms with Crippen LogP contribution in [0.4, 0.5) is 11.4 Å². The molecule has 0 saturated heterocycles. The van der Waals surface area contributed by atoms with Gasteiger partial charge in [-0.05, 0) is 56.2 Å². The van der Waals surface area contributed by atoms with E-state index in [1.807, 2.05) is 39.0 Å². The maximum absolute atomic E-state index is 12.5. The smallest absolute Gasteiger partial charge is 0.255 e. The number of aryl methyl sites for hydroxylation is 1. The van der Waals surface area contributed by atoms with Crippen LogP contribution in [0, 0.1) is 18.3 Å². The largest absolute Gasteiger partial charge is 0.322 e. The van der Waals surface area contributed by atoms with E-state index in [0.29, 0.717) is 11.3 Å². The maximum atomic E-state index is 12.5. The molecule has 0 aromatic heterocycles. The molecule has 0 fully saturated rings. The summed E-state index contributed by atoms with van der Waals surface area (Å²) in [4.78, 5) is 17.4. The first-order valence-electron chi connectivity index (χ1n) is 7.60. The average molecular weight is 323 g/mol. The number of benzene rings is 2. The second kappa shape index (κ2) is 7.16. The molecule has 2 N–H and O–H groups in total. The molecular formula is C19H21N3O2. The second-order valence-corrected chi connectivity index (χ2v) is 6.11. The molecule has 0 heterocycles. The summed E-state index contributed by atoms with van der Waals surface area (Å²) in [5, 5.41) is 12.1. The standard InChI is InChI=1S/C19H21N3O2/c1-13-8-9-16(11-17(13)22-24-4)21-18(23)14-6-5-7-15(10-14)19(2,3)12-20/h5-11,22H,1-4H3,(H,21,23). The average Bonchev–Trinajstić information content (AvgIpc) is 2.58. The molecule has 0 bridgehead atoms. The molecule has 2 aromatic rings. The van der Waals surface area contributed by atoms with E-state index < -0.39 is 5.41 Å². The van der Waals surface area contributed by atoms with E-state index in [1.165, 1.54) is 7.11 Å². The zero-order chi connectivity index (χ0) is 17.7. The Labute approximate surface area is 142 Å². The van der Waals surface area contributed by atoms with Gasteiger partial charge >= 0.3 is 0 Å². The summed E-state index contributed by atoms with van der Waals surface area (Å²) in [7, 11) is 1.53. The van der Waals surface area contributed by atoms with Gasteiger partial charge in [0, 0.05) is 11.3 Å². The van der Waals surface area contributed by atoms with E-state index in [2.05, 4.69) is 16.9 Å². The van der Waals surface area contributed by atoms with Gasteiger partial charge in [-0.3, -0.25) is 15.1 Å². The van der Waals surface area contributed by atoms with Gasteiger partial charge in [-0.1, -0.05) is 18.2 Å². The monoisotopic (exact) mass is 323 g/mol. The van der Waals surface area contributed by atoms with Crippen molar-refractivity contribution < 1.29 is 9.63 Å². The Kier molecular flexibility index (Phi) is 5.22. The summed E-state index contributed by atoms with van der Waals surface area (Å²) in [6.07, 6.45) is 0. The van der Waals surface area contributed by atoms with Gasteiger partial charge in [-0.2, -0.15) is 5.26 Å². The normalized spacial score (nSPS) is 10.8. The molecule has 0 unspecified atom stereocenters. The topological polar surface area (TPSA) is 74.2 Å². The highest BCUT2D eigenvalue weighted by Crippen LogP contribution is 2.24. The van der Waals surface area contributed by atoms with E-state index >= 15 is 0 Å². The SMILES string of the molecule is CONc1cc(NC(=O)c2cccc(C(C)(C)C#N)c2)ccc1C. The Morgan fingerprint density at radius 2 is 1.96 bits per heavy atom. The third kappa shape index (κ3) is 3.92. The highest BCUT2D eigenvalue weighted by molar-refractivity contribution is 6.04. The fraction of sp³-hybridized carbons (Fsp3) is 0.263. The van der Waals surface area contributed by atoms with Crippen molar-refractivity contribution in [1.29, 1.82) is 5.26 Å². The first-order valence-corrected chi connectivity index (χ1v) is 7.60. The molecule has 0 aliphatic carbocycles. The number of hydrogen-bond donors (Lipinski definition) is 2. The minimum absolute atomic E-state index is 0.224. The molecular weight excluding hydrogens is 302 g/mol. The number of anilines is 2. The molecule has 2 aromatic carbocycles. The van der Waals surface area contributed by atoms with Crippen molar-refractivity contribution in [3.05, 3.63) is 59.2 Å². The van der Waals surface area contributed by atoms with Crippen molar-refractivity contribution in [2.45, 2.75) is 26.2 Å². The minimum Gasteiger partial charge on any atom is -0.322 e. The Morgan fingerprint density at radius 1 is 1.21 bits per heavy atom. The third-order valence-electron chi connectivity index (χ3n) is 3.83. The van der Waals surface area contributed by atoms with Gasteiger partial charge in [-0.15, -0.1) is 0 Å². The molecule has 1 amide bonds. The van der Waals surface area contributed by atoms with Crippen LogP contribution in [0.1, 0.15) is 35.3 Å². The molecule has 0 saturated carbocycles. The zero-order valence-corrected chi connectivity index (χ0v) is 14.3. The summed E-state index contributed by atoms with van der Waals surface area (Å²) < 4.78 is 0. The van der Waals surface area contributed by atoms with Crippen LogP contribution >= 0.6 is 0 Å². The van der Waals surface area contributed by atoms with E-state index in [1.54, 1.807) is 24.3 Å². The zero-order valence-electron chi connectivity index (χ0n) is 14.3. The van der Waals surface area contributed by atoms with Crippen LogP contribution in [0.25, 0.3) is 0 Å². The fourth-order valence-electron chi connectivity index (χ4n) is 2.24. The number of carbonyl (C=O) groups is 1. The van der Waals surface area contributed by atoms with Gasteiger partial charge < -0.3 is 5.32 Å². The molecule has 0 atom stereocenters. The van der Waals surface area contributed by atoms with Crippen LogP contribution in [0.2, 0.25) is 0 Å². The molecule has 0 aliphatic heterocycles. The summed E-state index contributed by atoms with van der Waals surface area (Å²) >= 11 is 0. The number of carbonyl (C=O) groups excluding carboxylic acids is 1. The first-order chi connectivity index (χ1) is 11.4. The fourth-order valence-corrected chi connectivity index (χ4v) is 2.24. The van der Waals surface area contributed by atoms with E-state index in [4.69, 9.17) is 4.84 Å². The van der Waals surface area contributed by atoms with Crippen LogP contribution in [0.5, 0.6) is 0 Å². The van der Waals surface area contributed by atoms with Crippen LogP contribution in [0.15, 0.2) is 42.5 Å². The summed E-state index contributed by atoms with van der Waals surface area (Å²) in [5.74, 6) is -0.224. The quantitative estimate of drug-likeness (QED) is 0.815. The lowest BCUT2D eigenvalue weighted by Gasteiger charge is -2.16. The lowest BCUT2D eigenvalue weighted by molar-refractivity contribution is 0.102. The molecule has 2 rings (SSSR count). The van der Waals surface area contributed by atoms with Crippen molar-refractivity contribution in [2.24, 2.45) is 0 Å². The Bertz CT molecular complexity index is 791. The van der Waals surface area contributed by atoms with Gasteiger partial charge in [-0.25, -0.2) is 0 Å².